The van der Waals surface area contributed by atoms with Gasteiger partial charge in [-0.15, -0.1) is 0 Å². The van der Waals surface area contributed by atoms with Crippen LogP contribution in [0.2, 0.25) is 0 Å². The molecule has 0 atom stereocenters. The zero-order valence-corrected chi connectivity index (χ0v) is 11.8. The summed E-state index contributed by atoms with van der Waals surface area (Å²) in [6, 6.07) is 2.45. The lowest BCUT2D eigenvalue weighted by molar-refractivity contribution is -0.385. The van der Waals surface area contributed by atoms with Gasteiger partial charge in [-0.05, 0) is 25.8 Å². The van der Waals surface area contributed by atoms with Gasteiger partial charge in [0.25, 0.3) is 5.69 Å². The van der Waals surface area contributed by atoms with Crippen molar-refractivity contribution in [3.05, 3.63) is 33.4 Å². The van der Waals surface area contributed by atoms with Crippen LogP contribution in [0.25, 0.3) is 0 Å². The first-order valence-electron chi connectivity index (χ1n) is 6.80. The van der Waals surface area contributed by atoms with Crippen LogP contribution in [-0.4, -0.2) is 33.3 Å². The minimum Gasteiger partial charge on any atom is -0.478 e. The van der Waals surface area contributed by atoms with Gasteiger partial charge >= 0.3 is 5.97 Å². The number of hydrogen-bond acceptors (Lipinski definition) is 5. The maximum absolute atomic E-state index is 11.1. The number of carboxylic acid groups (broad SMARTS) is 1. The smallest absolute Gasteiger partial charge is 0.336 e. The third-order valence-electron chi connectivity index (χ3n) is 4.09. The normalized spacial score (nSPS) is 16.7. The summed E-state index contributed by atoms with van der Waals surface area (Å²) in [7, 11) is 0. The molecule has 3 N–H and O–H groups in total. The van der Waals surface area contributed by atoms with Crippen molar-refractivity contribution in [2.75, 3.05) is 11.9 Å². The van der Waals surface area contributed by atoms with Crippen LogP contribution in [0.1, 0.15) is 41.6 Å². The Hall–Kier alpha value is -2.15. The van der Waals surface area contributed by atoms with Crippen molar-refractivity contribution in [3.8, 4) is 0 Å². The fourth-order valence-electron chi connectivity index (χ4n) is 2.80. The van der Waals surface area contributed by atoms with Gasteiger partial charge < -0.3 is 15.5 Å². The number of anilines is 1. The maximum Gasteiger partial charge on any atom is 0.336 e. The van der Waals surface area contributed by atoms with Gasteiger partial charge in [-0.2, -0.15) is 0 Å². The van der Waals surface area contributed by atoms with Crippen molar-refractivity contribution in [1.82, 2.24) is 0 Å². The molecule has 1 aromatic carbocycles. The molecule has 1 aliphatic carbocycles. The summed E-state index contributed by atoms with van der Waals surface area (Å²) in [6.07, 6.45) is 3.45. The lowest BCUT2D eigenvalue weighted by Crippen LogP contribution is -2.39. The van der Waals surface area contributed by atoms with Gasteiger partial charge in [0.2, 0.25) is 0 Å². The van der Waals surface area contributed by atoms with Gasteiger partial charge in [-0.25, -0.2) is 4.79 Å². The van der Waals surface area contributed by atoms with Crippen LogP contribution in [-0.2, 0) is 0 Å². The highest BCUT2D eigenvalue weighted by molar-refractivity contribution is 5.90. The monoisotopic (exact) mass is 294 g/mol. The van der Waals surface area contributed by atoms with E-state index in [-0.39, 0.29) is 17.9 Å². The number of aliphatic hydroxyl groups excluding tert-OH is 1. The van der Waals surface area contributed by atoms with Crippen molar-refractivity contribution >= 4 is 17.3 Å². The molecule has 1 fully saturated rings. The Kier molecular flexibility index (Phi) is 4.13. The Morgan fingerprint density at radius 2 is 2.05 bits per heavy atom. The summed E-state index contributed by atoms with van der Waals surface area (Å²) in [5.41, 5.74) is -0.109. The van der Waals surface area contributed by atoms with Crippen LogP contribution in [0, 0.1) is 17.0 Å². The van der Waals surface area contributed by atoms with E-state index in [0.717, 1.165) is 31.7 Å². The Labute approximate surface area is 121 Å². The highest BCUT2D eigenvalue weighted by Gasteiger charge is 2.34. The number of rotatable bonds is 5. The van der Waals surface area contributed by atoms with E-state index in [9.17, 15) is 20.0 Å². The summed E-state index contributed by atoms with van der Waals surface area (Å²) in [5.74, 6) is -1.22. The first kappa shape index (κ1) is 15.2. The quantitative estimate of drug-likeness (QED) is 0.567. The molecule has 0 radical (unpaired) electrons. The minimum absolute atomic E-state index is 0.0858. The van der Waals surface area contributed by atoms with Crippen molar-refractivity contribution in [3.63, 3.8) is 0 Å². The lowest BCUT2D eigenvalue weighted by atomic mass is 9.96. The molecule has 0 aromatic heterocycles. The van der Waals surface area contributed by atoms with E-state index in [1.54, 1.807) is 6.92 Å². The number of nitro groups is 1. The van der Waals surface area contributed by atoms with Gasteiger partial charge in [0.15, 0.2) is 0 Å². The molecule has 0 unspecified atom stereocenters. The molecule has 7 heteroatoms. The van der Waals surface area contributed by atoms with Gasteiger partial charge in [-0.1, -0.05) is 12.8 Å². The number of hydrogen-bond donors (Lipinski definition) is 3. The average molecular weight is 294 g/mol. The second kappa shape index (κ2) is 5.69. The average Bonchev–Trinajstić information content (AvgIpc) is 2.89. The second-order valence-electron chi connectivity index (χ2n) is 5.50. The molecule has 0 spiro atoms. The molecule has 1 aromatic rings. The van der Waals surface area contributed by atoms with E-state index in [1.807, 2.05) is 0 Å². The van der Waals surface area contributed by atoms with Crippen molar-refractivity contribution < 1.29 is 19.9 Å². The maximum atomic E-state index is 11.1. The predicted molar refractivity (Wildman–Crippen MR) is 76.7 cm³/mol. The van der Waals surface area contributed by atoms with Crippen LogP contribution in [0.3, 0.4) is 0 Å². The van der Waals surface area contributed by atoms with Crippen molar-refractivity contribution in [2.24, 2.45) is 0 Å². The molecule has 114 valence electrons. The standard InChI is InChI=1S/C14H18N2O5/c1-9-11(15-14(8-17)4-2-3-5-14)6-10(13(18)19)7-12(9)16(20)21/h6-7,15,17H,2-5,8H2,1H3,(H,18,19). The molecule has 0 saturated heterocycles. The van der Waals surface area contributed by atoms with Crippen LogP contribution in [0.15, 0.2) is 12.1 Å². The first-order chi connectivity index (χ1) is 9.88. The zero-order chi connectivity index (χ0) is 15.6. The van der Waals surface area contributed by atoms with Crippen molar-refractivity contribution in [1.29, 1.82) is 0 Å². The first-order valence-corrected chi connectivity index (χ1v) is 6.80. The highest BCUT2D eigenvalue weighted by atomic mass is 16.6. The summed E-state index contributed by atoms with van der Waals surface area (Å²) in [6.45, 7) is 1.49. The fourth-order valence-corrected chi connectivity index (χ4v) is 2.80. The summed E-state index contributed by atoms with van der Waals surface area (Å²) < 4.78 is 0. The van der Waals surface area contributed by atoms with Crippen molar-refractivity contribution in [2.45, 2.75) is 38.1 Å². The second-order valence-corrected chi connectivity index (χ2v) is 5.50. The van der Waals surface area contributed by atoms with E-state index in [0.29, 0.717) is 11.3 Å². The number of nitrogens with one attached hydrogen (secondary N) is 1. The third-order valence-corrected chi connectivity index (χ3v) is 4.09. The number of aliphatic hydroxyl groups is 1. The topological polar surface area (TPSA) is 113 Å². The molecule has 1 aliphatic rings. The van der Waals surface area contributed by atoms with E-state index < -0.39 is 16.4 Å². The molecular formula is C14H18N2O5. The molecular weight excluding hydrogens is 276 g/mol. The highest BCUT2D eigenvalue weighted by Crippen LogP contribution is 2.36. The van der Waals surface area contributed by atoms with E-state index >= 15 is 0 Å². The summed E-state index contributed by atoms with van der Waals surface area (Å²) in [5, 5.41) is 32.9. The predicted octanol–water partition coefficient (Wildman–Crippen LogP) is 2.32. The largest absolute Gasteiger partial charge is 0.478 e. The number of carboxylic acids is 1. The van der Waals surface area contributed by atoms with Gasteiger partial charge in [0.05, 0.1) is 22.6 Å². The van der Waals surface area contributed by atoms with Gasteiger partial charge in [0.1, 0.15) is 0 Å². The van der Waals surface area contributed by atoms with E-state index in [2.05, 4.69) is 5.32 Å². The van der Waals surface area contributed by atoms with Crippen LogP contribution >= 0.6 is 0 Å². The molecule has 21 heavy (non-hydrogen) atoms. The molecule has 1 saturated carbocycles. The fraction of sp³-hybridized carbons (Fsp3) is 0.500. The van der Waals surface area contributed by atoms with E-state index in [4.69, 9.17) is 5.11 Å². The third kappa shape index (κ3) is 2.97. The van der Waals surface area contributed by atoms with Crippen LogP contribution in [0.5, 0.6) is 0 Å². The summed E-state index contributed by atoms with van der Waals surface area (Å²) in [4.78, 5) is 21.6. The molecule has 7 nitrogen and oxygen atoms in total. The molecule has 0 heterocycles. The van der Waals surface area contributed by atoms with E-state index in [1.165, 1.54) is 6.07 Å². The molecule has 0 amide bonds. The Balaban J connectivity index is 2.46. The minimum atomic E-state index is -1.22. The lowest BCUT2D eigenvalue weighted by Gasteiger charge is -2.30. The zero-order valence-electron chi connectivity index (χ0n) is 11.8. The molecule has 0 aliphatic heterocycles. The molecule has 2 rings (SSSR count). The van der Waals surface area contributed by atoms with Crippen LogP contribution < -0.4 is 5.32 Å². The van der Waals surface area contributed by atoms with Gasteiger partial charge in [0, 0.05) is 17.3 Å². The number of nitrogens with zero attached hydrogens (tertiary/aromatic N) is 1. The molecule has 0 bridgehead atoms. The SMILES string of the molecule is Cc1c(NC2(CO)CCCC2)cc(C(=O)O)cc1[N+](=O)[O-]. The number of nitro benzene ring substituents is 1. The Morgan fingerprint density at radius 1 is 1.43 bits per heavy atom. The number of carbonyl (C=O) groups is 1. The Bertz CT molecular complexity index is 579. The number of aromatic carboxylic acids is 1. The Morgan fingerprint density at radius 3 is 2.52 bits per heavy atom. The van der Waals surface area contributed by atoms with Gasteiger partial charge in [-0.3, -0.25) is 10.1 Å². The number of benzene rings is 1. The van der Waals surface area contributed by atoms with Crippen LogP contribution in [0.4, 0.5) is 11.4 Å². The summed E-state index contributed by atoms with van der Waals surface area (Å²) >= 11 is 0.